The van der Waals surface area contributed by atoms with E-state index in [1.807, 2.05) is 0 Å². The maximum absolute atomic E-state index is 13.1. The topological polar surface area (TPSA) is 43.8 Å². The molecule has 5 heteroatoms. The van der Waals surface area contributed by atoms with Gasteiger partial charge in [-0.1, -0.05) is 0 Å². The second-order valence-corrected chi connectivity index (χ2v) is 4.28. The van der Waals surface area contributed by atoms with E-state index in [0.29, 0.717) is 18.8 Å². The van der Waals surface area contributed by atoms with Gasteiger partial charge < -0.3 is 5.73 Å². The van der Waals surface area contributed by atoms with Gasteiger partial charge in [0.05, 0.1) is 0 Å². The van der Waals surface area contributed by atoms with Crippen LogP contribution in [0.15, 0.2) is 12.3 Å². The first-order chi connectivity index (χ1) is 7.05. The normalized spacial score (nSPS) is 25.3. The second kappa shape index (κ2) is 3.79. The van der Waals surface area contributed by atoms with Gasteiger partial charge in [0.25, 0.3) is 0 Å². The first-order valence-electron chi connectivity index (χ1n) is 5.22. The summed E-state index contributed by atoms with van der Waals surface area (Å²) < 4.78 is 27.9. The standard InChI is InChI=1S/C10H15F2N3/c11-10(12)4-1-2-8(6-10)7-15-5-3-9(13)14-15/h3,5,8H,1-2,4,6-7H2,(H2,13,14). The molecule has 1 aliphatic rings. The average molecular weight is 215 g/mol. The molecule has 1 saturated carbocycles. The van der Waals surface area contributed by atoms with Crippen LogP contribution in [-0.2, 0) is 6.54 Å². The molecule has 0 aromatic carbocycles. The van der Waals surface area contributed by atoms with Crippen LogP contribution in [0.2, 0.25) is 0 Å². The van der Waals surface area contributed by atoms with Crippen LogP contribution in [0.3, 0.4) is 0 Å². The van der Waals surface area contributed by atoms with Crippen LogP contribution in [0.4, 0.5) is 14.6 Å². The van der Waals surface area contributed by atoms with Crippen molar-refractivity contribution in [1.82, 2.24) is 9.78 Å². The smallest absolute Gasteiger partial charge is 0.248 e. The van der Waals surface area contributed by atoms with Crippen LogP contribution in [-0.4, -0.2) is 15.7 Å². The van der Waals surface area contributed by atoms with E-state index >= 15 is 0 Å². The molecule has 0 saturated heterocycles. The Kier molecular flexibility index (Phi) is 2.63. The number of aromatic nitrogens is 2. The molecule has 1 unspecified atom stereocenters. The highest BCUT2D eigenvalue weighted by atomic mass is 19.3. The van der Waals surface area contributed by atoms with Crippen molar-refractivity contribution in [3.8, 4) is 0 Å². The lowest BCUT2D eigenvalue weighted by Gasteiger charge is -2.28. The van der Waals surface area contributed by atoms with Gasteiger partial charge in [-0.15, -0.1) is 0 Å². The number of anilines is 1. The highest BCUT2D eigenvalue weighted by molar-refractivity contribution is 5.23. The molecule has 0 bridgehead atoms. The fourth-order valence-corrected chi connectivity index (χ4v) is 2.18. The van der Waals surface area contributed by atoms with Crippen LogP contribution < -0.4 is 5.73 Å². The number of nitrogens with two attached hydrogens (primary N) is 1. The van der Waals surface area contributed by atoms with E-state index in [-0.39, 0.29) is 18.8 Å². The van der Waals surface area contributed by atoms with Crippen molar-refractivity contribution >= 4 is 5.82 Å². The van der Waals surface area contributed by atoms with E-state index in [0.717, 1.165) is 6.42 Å². The summed E-state index contributed by atoms with van der Waals surface area (Å²) in [5, 5.41) is 4.00. The van der Waals surface area contributed by atoms with E-state index < -0.39 is 5.92 Å². The van der Waals surface area contributed by atoms with E-state index in [1.54, 1.807) is 16.9 Å². The average Bonchev–Trinajstić information content (AvgIpc) is 2.49. The summed E-state index contributed by atoms with van der Waals surface area (Å²) >= 11 is 0. The van der Waals surface area contributed by atoms with Gasteiger partial charge in [-0.05, 0) is 24.8 Å². The summed E-state index contributed by atoms with van der Waals surface area (Å²) in [5.41, 5.74) is 5.46. The molecule has 1 fully saturated rings. The quantitative estimate of drug-likeness (QED) is 0.822. The lowest BCUT2D eigenvalue weighted by molar-refractivity contribution is -0.0551. The van der Waals surface area contributed by atoms with Gasteiger partial charge in [-0.3, -0.25) is 4.68 Å². The molecular weight excluding hydrogens is 200 g/mol. The van der Waals surface area contributed by atoms with Crippen molar-refractivity contribution in [1.29, 1.82) is 0 Å². The Labute approximate surface area is 87.3 Å². The monoisotopic (exact) mass is 215 g/mol. The Morgan fingerprint density at radius 1 is 1.60 bits per heavy atom. The number of nitrogens with zero attached hydrogens (tertiary/aromatic N) is 2. The van der Waals surface area contributed by atoms with Crippen LogP contribution in [0.5, 0.6) is 0 Å². The van der Waals surface area contributed by atoms with Crippen molar-refractivity contribution in [3.63, 3.8) is 0 Å². The lowest BCUT2D eigenvalue weighted by atomic mass is 9.86. The molecule has 0 amide bonds. The summed E-state index contributed by atoms with van der Waals surface area (Å²) in [6, 6.07) is 1.68. The number of halogens is 2. The molecule has 2 rings (SSSR count). The molecule has 1 aromatic heterocycles. The SMILES string of the molecule is Nc1ccn(CC2CCCC(F)(F)C2)n1. The highest BCUT2D eigenvalue weighted by Crippen LogP contribution is 2.37. The van der Waals surface area contributed by atoms with E-state index in [1.165, 1.54) is 0 Å². The van der Waals surface area contributed by atoms with Gasteiger partial charge in [0.1, 0.15) is 5.82 Å². The summed E-state index contributed by atoms with van der Waals surface area (Å²) in [4.78, 5) is 0. The summed E-state index contributed by atoms with van der Waals surface area (Å²) in [5.74, 6) is -2.02. The van der Waals surface area contributed by atoms with Crippen LogP contribution >= 0.6 is 0 Å². The molecule has 2 N–H and O–H groups in total. The molecule has 1 aliphatic carbocycles. The number of nitrogen functional groups attached to an aromatic ring is 1. The van der Waals surface area contributed by atoms with Crippen LogP contribution in [0.25, 0.3) is 0 Å². The zero-order valence-electron chi connectivity index (χ0n) is 8.50. The Balaban J connectivity index is 1.95. The summed E-state index contributed by atoms with van der Waals surface area (Å²) in [6.07, 6.45) is 3.21. The predicted octanol–water partition coefficient (Wildman–Crippen LogP) is 2.29. The van der Waals surface area contributed by atoms with Crippen molar-refractivity contribution < 1.29 is 8.78 Å². The molecule has 15 heavy (non-hydrogen) atoms. The van der Waals surface area contributed by atoms with Gasteiger partial charge in [0, 0.05) is 25.6 Å². The zero-order chi connectivity index (χ0) is 10.9. The third-order valence-electron chi connectivity index (χ3n) is 2.85. The van der Waals surface area contributed by atoms with Crippen molar-refractivity contribution in [2.24, 2.45) is 5.92 Å². The zero-order valence-corrected chi connectivity index (χ0v) is 8.50. The molecule has 1 heterocycles. The molecule has 1 aromatic rings. The van der Waals surface area contributed by atoms with Crippen LogP contribution in [0.1, 0.15) is 25.7 Å². The van der Waals surface area contributed by atoms with Gasteiger partial charge in [-0.2, -0.15) is 5.10 Å². The minimum atomic E-state index is -2.48. The largest absolute Gasteiger partial charge is 0.382 e. The Morgan fingerprint density at radius 2 is 2.40 bits per heavy atom. The first kappa shape index (κ1) is 10.4. The number of hydrogen-bond acceptors (Lipinski definition) is 2. The summed E-state index contributed by atoms with van der Waals surface area (Å²) in [7, 11) is 0. The Bertz CT molecular complexity index is 335. The third-order valence-corrected chi connectivity index (χ3v) is 2.85. The van der Waals surface area contributed by atoms with Crippen molar-refractivity contribution in [2.45, 2.75) is 38.2 Å². The minimum Gasteiger partial charge on any atom is -0.382 e. The van der Waals surface area contributed by atoms with Crippen LogP contribution in [0, 0.1) is 5.92 Å². The number of alkyl halides is 2. The number of hydrogen-bond donors (Lipinski definition) is 1. The molecular formula is C10H15F2N3. The third kappa shape index (κ3) is 2.67. The molecule has 0 spiro atoms. The van der Waals surface area contributed by atoms with E-state index in [9.17, 15) is 8.78 Å². The van der Waals surface area contributed by atoms with Crippen molar-refractivity contribution in [2.75, 3.05) is 5.73 Å². The van der Waals surface area contributed by atoms with Gasteiger partial charge in [-0.25, -0.2) is 8.78 Å². The minimum absolute atomic E-state index is 0.0211. The van der Waals surface area contributed by atoms with Gasteiger partial charge in [0.2, 0.25) is 5.92 Å². The first-order valence-corrected chi connectivity index (χ1v) is 5.22. The fraction of sp³-hybridized carbons (Fsp3) is 0.700. The molecule has 84 valence electrons. The van der Waals surface area contributed by atoms with Crippen molar-refractivity contribution in [3.05, 3.63) is 12.3 Å². The Hall–Kier alpha value is -1.13. The fourth-order valence-electron chi connectivity index (χ4n) is 2.18. The number of rotatable bonds is 2. The summed E-state index contributed by atoms with van der Waals surface area (Å²) in [6.45, 7) is 0.548. The molecule has 3 nitrogen and oxygen atoms in total. The second-order valence-electron chi connectivity index (χ2n) is 4.28. The molecule has 0 aliphatic heterocycles. The highest BCUT2D eigenvalue weighted by Gasteiger charge is 2.36. The molecule has 1 atom stereocenters. The molecule has 0 radical (unpaired) electrons. The van der Waals surface area contributed by atoms with Gasteiger partial charge in [0.15, 0.2) is 0 Å². The maximum Gasteiger partial charge on any atom is 0.248 e. The lowest BCUT2D eigenvalue weighted by Crippen LogP contribution is -2.28. The van der Waals surface area contributed by atoms with E-state index in [2.05, 4.69) is 5.10 Å². The Morgan fingerprint density at radius 3 is 3.00 bits per heavy atom. The van der Waals surface area contributed by atoms with E-state index in [4.69, 9.17) is 5.73 Å². The predicted molar refractivity (Wildman–Crippen MR) is 53.5 cm³/mol. The maximum atomic E-state index is 13.1. The van der Waals surface area contributed by atoms with Gasteiger partial charge >= 0.3 is 0 Å².